The number of pyridine rings is 1. The van der Waals surface area contributed by atoms with E-state index < -0.39 is 0 Å². The predicted octanol–water partition coefficient (Wildman–Crippen LogP) is 5.06. The first-order chi connectivity index (χ1) is 15.6. The number of fused-ring (bicyclic) bond motifs is 1. The first-order valence-corrected chi connectivity index (χ1v) is 11.5. The van der Waals surface area contributed by atoms with Crippen LogP contribution in [0.3, 0.4) is 0 Å². The minimum atomic E-state index is 0.372. The number of likely N-dealkylation sites (N-methyl/N-ethyl adjacent to an activating group) is 1. The van der Waals surface area contributed by atoms with Crippen LogP contribution >= 0.6 is 0 Å². The Morgan fingerprint density at radius 2 is 1.91 bits per heavy atom. The van der Waals surface area contributed by atoms with Crippen molar-refractivity contribution in [3.8, 4) is 0 Å². The van der Waals surface area contributed by atoms with E-state index in [9.17, 15) is 0 Å². The number of benzene rings is 1. The summed E-state index contributed by atoms with van der Waals surface area (Å²) in [7, 11) is 2.04. The van der Waals surface area contributed by atoms with Gasteiger partial charge in [0.05, 0.1) is 5.70 Å². The highest BCUT2D eigenvalue weighted by atomic mass is 15.4. The average molecular weight is 426 g/mol. The molecule has 5 rings (SSSR count). The van der Waals surface area contributed by atoms with Gasteiger partial charge in [-0.2, -0.15) is 0 Å². The number of anilines is 1. The van der Waals surface area contributed by atoms with Gasteiger partial charge in [-0.15, -0.1) is 0 Å². The third-order valence-electron chi connectivity index (χ3n) is 6.83. The zero-order valence-corrected chi connectivity index (χ0v) is 18.8. The number of allylic oxidation sites excluding steroid dienone is 1. The van der Waals surface area contributed by atoms with Crippen LogP contribution in [-0.2, 0) is 12.8 Å². The zero-order chi connectivity index (χ0) is 22.1. The van der Waals surface area contributed by atoms with Gasteiger partial charge in [0.15, 0.2) is 0 Å². The molecule has 1 unspecified atom stereocenters. The Balaban J connectivity index is 1.31. The maximum atomic E-state index is 5.02. The molecule has 3 aliphatic rings. The Morgan fingerprint density at radius 3 is 2.75 bits per heavy atom. The van der Waals surface area contributed by atoms with E-state index in [0.29, 0.717) is 5.92 Å². The number of rotatable bonds is 4. The van der Waals surface area contributed by atoms with E-state index in [0.717, 1.165) is 60.2 Å². The molecular formula is C27H31N5. The molecule has 2 aromatic rings. The van der Waals surface area contributed by atoms with Crippen molar-refractivity contribution in [1.82, 2.24) is 14.8 Å². The van der Waals surface area contributed by atoms with Crippen molar-refractivity contribution in [2.75, 3.05) is 25.5 Å². The number of nitrogens with zero attached hydrogens (tertiary/aromatic N) is 4. The number of aromatic nitrogens is 1. The largest absolute Gasteiger partial charge is 0.359 e. The van der Waals surface area contributed by atoms with Crippen LogP contribution in [-0.4, -0.2) is 40.9 Å². The lowest BCUT2D eigenvalue weighted by Gasteiger charge is -2.40. The summed E-state index contributed by atoms with van der Waals surface area (Å²) in [6.45, 7) is 10.6. The van der Waals surface area contributed by atoms with Crippen molar-refractivity contribution in [3.63, 3.8) is 0 Å². The summed E-state index contributed by atoms with van der Waals surface area (Å²) in [6, 6.07) is 10.8. The molecule has 1 N–H and O–H groups in total. The van der Waals surface area contributed by atoms with Gasteiger partial charge in [0, 0.05) is 61.1 Å². The van der Waals surface area contributed by atoms with Gasteiger partial charge in [0.25, 0.3) is 0 Å². The minimum absolute atomic E-state index is 0.372. The molecule has 3 heterocycles. The average Bonchev–Trinajstić information content (AvgIpc) is 3.29. The summed E-state index contributed by atoms with van der Waals surface area (Å²) in [4.78, 5) is 13.6. The van der Waals surface area contributed by atoms with E-state index in [1.54, 1.807) is 12.4 Å². The third-order valence-corrected chi connectivity index (χ3v) is 6.83. The van der Waals surface area contributed by atoms with E-state index in [4.69, 9.17) is 4.99 Å². The maximum Gasteiger partial charge on any atom is 0.206 e. The fraction of sp³-hybridized carbons (Fsp3) is 0.333. The van der Waals surface area contributed by atoms with E-state index >= 15 is 0 Å². The third kappa shape index (κ3) is 4.07. The van der Waals surface area contributed by atoms with Crippen molar-refractivity contribution in [1.29, 1.82) is 0 Å². The lowest BCUT2D eigenvalue weighted by Crippen LogP contribution is -2.48. The molecular weight excluding hydrogens is 394 g/mol. The Hall–Kier alpha value is -3.34. The number of likely N-dealkylation sites (tertiary alicyclic amines) is 1. The van der Waals surface area contributed by atoms with E-state index in [-0.39, 0.29) is 0 Å². The highest BCUT2D eigenvalue weighted by molar-refractivity contribution is 5.91. The second-order valence-electron chi connectivity index (χ2n) is 9.00. The van der Waals surface area contributed by atoms with Gasteiger partial charge in [-0.25, -0.2) is 4.99 Å². The summed E-state index contributed by atoms with van der Waals surface area (Å²) in [6.07, 6.45) is 11.6. The zero-order valence-electron chi connectivity index (χ0n) is 18.8. The quantitative estimate of drug-likeness (QED) is 0.743. The SMILES string of the molecule is C=C(Nc1ccc2c(c1)CCC2)C1CCCN(C2=NC(c3ccncc3)=CC(=C)N2C)C1. The smallest absolute Gasteiger partial charge is 0.206 e. The topological polar surface area (TPSA) is 43.8 Å². The molecule has 1 atom stereocenters. The summed E-state index contributed by atoms with van der Waals surface area (Å²) < 4.78 is 0. The van der Waals surface area contributed by atoms with Crippen molar-refractivity contribution >= 4 is 17.3 Å². The van der Waals surface area contributed by atoms with Crippen LogP contribution in [0.4, 0.5) is 5.69 Å². The van der Waals surface area contributed by atoms with Crippen LogP contribution in [0.25, 0.3) is 5.70 Å². The normalized spacial score (nSPS) is 20.5. The predicted molar refractivity (Wildman–Crippen MR) is 132 cm³/mol. The number of piperidine rings is 1. The number of hydrogen-bond donors (Lipinski definition) is 1. The Kier molecular flexibility index (Phi) is 5.56. The van der Waals surface area contributed by atoms with Crippen molar-refractivity contribution in [2.24, 2.45) is 10.9 Å². The molecule has 0 saturated carbocycles. The molecule has 0 bridgehead atoms. The highest BCUT2D eigenvalue weighted by Gasteiger charge is 2.29. The molecule has 1 saturated heterocycles. The van der Waals surface area contributed by atoms with Gasteiger partial charge in [0.2, 0.25) is 5.96 Å². The number of guanidine groups is 1. The maximum absolute atomic E-state index is 5.02. The van der Waals surface area contributed by atoms with Gasteiger partial charge in [-0.05, 0) is 73.6 Å². The molecule has 0 amide bonds. The van der Waals surface area contributed by atoms with Crippen LogP contribution in [0, 0.1) is 5.92 Å². The minimum Gasteiger partial charge on any atom is -0.359 e. The van der Waals surface area contributed by atoms with Crippen molar-refractivity contribution in [3.05, 3.63) is 90.0 Å². The second kappa shape index (κ2) is 8.65. The molecule has 164 valence electrons. The summed E-state index contributed by atoms with van der Waals surface area (Å²) in [5.41, 5.74) is 8.18. The van der Waals surface area contributed by atoms with Gasteiger partial charge in [0.1, 0.15) is 0 Å². The van der Waals surface area contributed by atoms with E-state index in [2.05, 4.69) is 51.5 Å². The molecule has 5 nitrogen and oxygen atoms in total. The first kappa shape index (κ1) is 20.6. The summed E-state index contributed by atoms with van der Waals surface area (Å²) >= 11 is 0. The first-order valence-electron chi connectivity index (χ1n) is 11.5. The van der Waals surface area contributed by atoms with E-state index in [1.807, 2.05) is 25.3 Å². The standard InChI is InChI=1S/C27H31N5/c1-19-16-26(22-11-13-28-14-12-22)30-27(31(19)3)32-15-5-8-24(18-32)20(2)29-25-10-9-21-6-4-7-23(21)17-25/h9-14,16-17,24,29H,1-2,4-8,15,18H2,3H3. The molecule has 1 aliphatic carbocycles. The van der Waals surface area contributed by atoms with Gasteiger partial charge >= 0.3 is 0 Å². The fourth-order valence-electron chi connectivity index (χ4n) is 4.93. The Morgan fingerprint density at radius 1 is 1.09 bits per heavy atom. The summed E-state index contributed by atoms with van der Waals surface area (Å²) in [5.74, 6) is 1.33. The molecule has 1 aromatic carbocycles. The second-order valence-corrected chi connectivity index (χ2v) is 9.00. The van der Waals surface area contributed by atoms with Crippen LogP contribution < -0.4 is 5.32 Å². The lowest BCUT2D eigenvalue weighted by molar-refractivity contribution is 0.264. The number of aryl methyl sites for hydroxylation is 2. The highest BCUT2D eigenvalue weighted by Crippen LogP contribution is 2.30. The fourth-order valence-corrected chi connectivity index (χ4v) is 4.93. The molecule has 1 aromatic heterocycles. The molecule has 1 fully saturated rings. The van der Waals surface area contributed by atoms with Gasteiger partial charge in [-0.3, -0.25) is 4.98 Å². The van der Waals surface area contributed by atoms with Gasteiger partial charge in [-0.1, -0.05) is 19.2 Å². The van der Waals surface area contributed by atoms with Crippen molar-refractivity contribution < 1.29 is 0 Å². The van der Waals surface area contributed by atoms with Gasteiger partial charge < -0.3 is 15.1 Å². The Labute approximate surface area is 190 Å². The van der Waals surface area contributed by atoms with Crippen LogP contribution in [0.1, 0.15) is 36.0 Å². The molecule has 32 heavy (non-hydrogen) atoms. The van der Waals surface area contributed by atoms with Crippen LogP contribution in [0.5, 0.6) is 0 Å². The van der Waals surface area contributed by atoms with E-state index in [1.165, 1.54) is 30.4 Å². The van der Waals surface area contributed by atoms with Crippen LogP contribution in [0.2, 0.25) is 0 Å². The number of hydrogen-bond acceptors (Lipinski definition) is 5. The molecule has 5 heteroatoms. The van der Waals surface area contributed by atoms with Crippen molar-refractivity contribution in [2.45, 2.75) is 32.1 Å². The number of nitrogens with one attached hydrogen (secondary N) is 1. The number of aliphatic imine (C=N–C) groups is 1. The molecule has 0 radical (unpaired) electrons. The lowest BCUT2D eigenvalue weighted by atomic mass is 9.95. The summed E-state index contributed by atoms with van der Waals surface area (Å²) in [5, 5.41) is 3.61. The Bertz CT molecular complexity index is 1100. The van der Waals surface area contributed by atoms with Crippen LogP contribution in [0.15, 0.2) is 78.3 Å². The molecule has 0 spiro atoms. The monoisotopic (exact) mass is 425 g/mol. The molecule has 2 aliphatic heterocycles.